The van der Waals surface area contributed by atoms with Gasteiger partial charge in [-0.3, -0.25) is 29.1 Å². The first-order chi connectivity index (χ1) is 34.4. The Hall–Kier alpha value is -6.10. The largest absolute Gasteiger partial charge is 0.507 e. The molecular weight excluding hydrogens is 917 g/mol. The molecule has 384 valence electrons. The topological polar surface area (TPSA) is 203 Å². The highest BCUT2D eigenvalue weighted by molar-refractivity contribution is 6.21. The molecule has 2 fully saturated rings. The van der Waals surface area contributed by atoms with Gasteiger partial charge in [0.2, 0.25) is 5.91 Å². The van der Waals surface area contributed by atoms with Gasteiger partial charge < -0.3 is 44.6 Å². The van der Waals surface area contributed by atoms with Crippen LogP contribution in [0.5, 0.6) is 17.2 Å². The molecule has 4 atom stereocenters. The van der Waals surface area contributed by atoms with Crippen molar-refractivity contribution in [2.75, 3.05) is 51.1 Å². The van der Waals surface area contributed by atoms with Crippen LogP contribution in [-0.4, -0.2) is 129 Å². The predicted octanol–water partition coefficient (Wildman–Crippen LogP) is 6.10. The minimum atomic E-state index is -1.89. The molecule has 2 amide bonds. The summed E-state index contributed by atoms with van der Waals surface area (Å²) in [5.74, 6) is -4.30. The number of aromatic hydroxyl groups is 2. The number of hydrogen-bond donors (Lipinski definition) is 4. The van der Waals surface area contributed by atoms with Crippen molar-refractivity contribution < 1.29 is 48.7 Å². The number of amides is 2. The molecule has 7 aliphatic rings. The lowest BCUT2D eigenvalue weighted by atomic mass is 9.92. The highest BCUT2D eigenvalue weighted by atomic mass is 16.7. The Morgan fingerprint density at radius 2 is 1.65 bits per heavy atom. The summed E-state index contributed by atoms with van der Waals surface area (Å²) in [5.41, 5.74) is 2.84. The normalized spacial score (nSPS) is 26.8. The summed E-state index contributed by atoms with van der Waals surface area (Å²) in [6.07, 6.45) is 11.4. The maximum absolute atomic E-state index is 14.7. The molecule has 2 saturated heterocycles. The molecule has 3 aromatic rings. The number of allylic oxidation sites excluding steroid dienone is 4. The number of carbonyl (C=O) groups is 4. The Balaban J connectivity index is 0.954. The molecule has 72 heavy (non-hydrogen) atoms. The Kier molecular flexibility index (Phi) is 14.7. The number of phenolic OH excluding ortho intramolecular Hbond substituents is 2. The van der Waals surface area contributed by atoms with E-state index in [-0.39, 0.29) is 67.9 Å². The third-order valence-electron chi connectivity index (χ3n) is 15.4. The summed E-state index contributed by atoms with van der Waals surface area (Å²) >= 11 is 0. The summed E-state index contributed by atoms with van der Waals surface area (Å²) in [5, 5.41) is 39.1. The minimum absolute atomic E-state index is 0.00397. The van der Waals surface area contributed by atoms with E-state index < -0.39 is 53.5 Å². The first kappa shape index (κ1) is 50.8. The van der Waals surface area contributed by atoms with E-state index >= 15 is 0 Å². The van der Waals surface area contributed by atoms with Crippen molar-refractivity contribution in [3.8, 4) is 17.2 Å². The van der Waals surface area contributed by atoms with Crippen LogP contribution in [0.2, 0.25) is 0 Å². The van der Waals surface area contributed by atoms with Gasteiger partial charge in [0.15, 0.2) is 5.75 Å². The average molecular weight is 987 g/mol. The van der Waals surface area contributed by atoms with Gasteiger partial charge in [-0.2, -0.15) is 0 Å². The second-order valence-electron chi connectivity index (χ2n) is 21.4. The molecule has 3 unspecified atom stereocenters. The van der Waals surface area contributed by atoms with Gasteiger partial charge in [0, 0.05) is 94.6 Å². The number of phenols is 2. The van der Waals surface area contributed by atoms with Crippen LogP contribution in [0.15, 0.2) is 70.4 Å². The lowest BCUT2D eigenvalue weighted by Gasteiger charge is -2.38. The van der Waals surface area contributed by atoms with Gasteiger partial charge in [-0.25, -0.2) is 4.99 Å². The monoisotopic (exact) mass is 987 g/mol. The molecule has 5 bridgehead atoms. The van der Waals surface area contributed by atoms with E-state index in [0.717, 1.165) is 45.6 Å². The molecule has 16 heteroatoms. The van der Waals surface area contributed by atoms with Crippen LogP contribution in [0.4, 0.5) is 5.69 Å². The number of nitrogens with one attached hydrogen (secondary N) is 1. The maximum atomic E-state index is 14.7. The fourth-order valence-electron chi connectivity index (χ4n) is 11.3. The average Bonchev–Trinajstić information content (AvgIpc) is 4.03. The predicted molar refractivity (Wildman–Crippen MR) is 271 cm³/mol. The Morgan fingerprint density at radius 3 is 2.35 bits per heavy atom. The van der Waals surface area contributed by atoms with E-state index in [2.05, 4.69) is 58.2 Å². The summed E-state index contributed by atoms with van der Waals surface area (Å²) in [4.78, 5) is 71.7. The van der Waals surface area contributed by atoms with Crippen LogP contribution in [0, 0.1) is 18.8 Å². The lowest BCUT2D eigenvalue weighted by Crippen LogP contribution is -2.52. The lowest BCUT2D eigenvalue weighted by molar-refractivity contribution is -0.155. The smallest absolute Gasteiger partial charge is 0.315 e. The fraction of sp³-hybridized carbons (Fsp3) is 0.536. The summed E-state index contributed by atoms with van der Waals surface area (Å²) in [7, 11) is 0. The number of ether oxygens (including phenoxy) is 3. The van der Waals surface area contributed by atoms with Crippen LogP contribution in [0.25, 0.3) is 10.8 Å². The molecule has 3 aromatic carbocycles. The van der Waals surface area contributed by atoms with Crippen LogP contribution in [-0.2, 0) is 36.7 Å². The second-order valence-corrected chi connectivity index (χ2v) is 21.4. The van der Waals surface area contributed by atoms with Crippen LogP contribution in [0.3, 0.4) is 0 Å². The van der Waals surface area contributed by atoms with E-state index in [1.165, 1.54) is 24.3 Å². The van der Waals surface area contributed by atoms with Crippen molar-refractivity contribution in [3.05, 3.63) is 93.4 Å². The number of Topliss-reactive ketones (excluding diaryl/α,β-unsaturated/α-hetero) is 1. The maximum Gasteiger partial charge on any atom is 0.315 e. The number of benzene rings is 3. The van der Waals surface area contributed by atoms with Crippen molar-refractivity contribution in [2.45, 2.75) is 135 Å². The molecular formula is C56H70N6O10. The number of ketones is 1. The Morgan fingerprint density at radius 1 is 0.944 bits per heavy atom. The van der Waals surface area contributed by atoms with E-state index in [1.54, 1.807) is 37.0 Å². The van der Waals surface area contributed by atoms with Crippen LogP contribution >= 0.6 is 0 Å². The first-order valence-electron chi connectivity index (χ1n) is 25.9. The van der Waals surface area contributed by atoms with Gasteiger partial charge in [0.1, 0.15) is 40.4 Å². The number of rotatable bonds is 6. The molecule has 1 aliphatic carbocycles. The van der Waals surface area contributed by atoms with E-state index in [0.29, 0.717) is 69.3 Å². The molecule has 6 aliphatic heterocycles. The standard InChI is InChI=1S/C56H70N6O10/c1-33(2)32-60-21-19-56(20-22-60)58-47-44-45-50(66)36(5)52-46(44)53(68)55(6,72-52)70-27-10-9-16-41(30-40(63)18-17-34(3)12-11-13-35(4)54(69)57-49(51(45)67)48(47)59-56)71-43(65)31-42(64)62-25-23-61(24-26-62)39-28-37-14-7-8-15-38(37)29-39/h7-8,10-15,27,33-34,39-41,58,63,66-67H,9,16-26,28-32H2,1-6H3/b12-11+,27-10+,35-13-,57-49?/t34?,40?,41-,55?/m1/s1. The molecule has 16 nitrogen and oxygen atoms in total. The van der Waals surface area contributed by atoms with Crippen LogP contribution in [0.1, 0.15) is 113 Å². The molecule has 6 heterocycles. The zero-order valence-electron chi connectivity index (χ0n) is 42.5. The van der Waals surface area contributed by atoms with Gasteiger partial charge in [-0.1, -0.05) is 63.3 Å². The van der Waals surface area contributed by atoms with Crippen molar-refractivity contribution in [2.24, 2.45) is 21.8 Å². The number of aliphatic hydroxyl groups excluding tert-OH is 1. The first-order valence-corrected chi connectivity index (χ1v) is 25.9. The summed E-state index contributed by atoms with van der Waals surface area (Å²) in [6, 6.07) is 8.94. The molecule has 4 N–H and O–H groups in total. The Labute approximate surface area is 421 Å². The van der Waals surface area contributed by atoms with Crippen molar-refractivity contribution in [1.29, 1.82) is 0 Å². The van der Waals surface area contributed by atoms with Crippen LogP contribution < -0.4 is 20.8 Å². The van der Waals surface area contributed by atoms with Gasteiger partial charge in [-0.05, 0) is 81.4 Å². The van der Waals surface area contributed by atoms with E-state index in [9.17, 15) is 34.5 Å². The van der Waals surface area contributed by atoms with Gasteiger partial charge in [0.25, 0.3) is 11.7 Å². The van der Waals surface area contributed by atoms with Gasteiger partial charge in [-0.15, -0.1) is 0 Å². The highest BCUT2D eigenvalue weighted by Crippen LogP contribution is 2.51. The number of anilines is 1. The van der Waals surface area contributed by atoms with E-state index in [1.807, 2.05) is 13.0 Å². The number of aliphatic hydroxyl groups is 1. The number of likely N-dealkylation sites (tertiary alicyclic amines) is 1. The number of carbonyl (C=O) groups excluding carboxylic acids is 4. The number of esters is 1. The van der Waals surface area contributed by atoms with Crippen molar-refractivity contribution in [1.82, 2.24) is 14.7 Å². The quantitative estimate of drug-likeness (QED) is 0.126. The van der Waals surface area contributed by atoms with E-state index in [4.69, 9.17) is 19.2 Å². The summed E-state index contributed by atoms with van der Waals surface area (Å²) in [6.45, 7) is 16.0. The molecule has 0 aromatic heterocycles. The molecule has 0 radical (unpaired) electrons. The third-order valence-corrected chi connectivity index (χ3v) is 15.4. The van der Waals surface area contributed by atoms with Gasteiger partial charge >= 0.3 is 11.8 Å². The Bertz CT molecular complexity index is 2830. The number of piperidine rings is 1. The highest BCUT2D eigenvalue weighted by Gasteiger charge is 2.50. The zero-order valence-corrected chi connectivity index (χ0v) is 42.5. The van der Waals surface area contributed by atoms with Crippen molar-refractivity contribution >= 4 is 40.0 Å². The zero-order chi connectivity index (χ0) is 51.1. The molecule has 10 rings (SSSR count). The number of nitrogens with zero attached hydrogens (tertiary/aromatic N) is 5. The number of piperazine rings is 1. The number of fused-ring (bicyclic) bond motifs is 14. The SMILES string of the molecule is C/C1=C/C=C/C(C)CCC(O)C[C@H](OC(=O)CC(=O)N2CCN(C3Cc4ccccc4C3)CC2)CC/C=C/OC2(C)Oc3c(C)c(O)c4c(O)c(c5c(c4c3C2=O)NC2(CCN(CC(C)C)CC2)N=5)=NC1=O. The minimum Gasteiger partial charge on any atom is -0.507 e. The molecule has 0 saturated carbocycles. The summed E-state index contributed by atoms with van der Waals surface area (Å²) < 4.78 is 18.4. The number of hydrogen-bond acceptors (Lipinski definition) is 14. The third kappa shape index (κ3) is 10.4. The fourth-order valence-corrected chi connectivity index (χ4v) is 11.3. The molecule has 1 spiro atoms. The second kappa shape index (κ2) is 20.8. The van der Waals surface area contributed by atoms with Gasteiger partial charge in [0.05, 0.1) is 29.0 Å². The van der Waals surface area contributed by atoms with Crippen molar-refractivity contribution in [3.63, 3.8) is 0 Å².